The summed E-state index contributed by atoms with van der Waals surface area (Å²) in [5.74, 6) is -2.64. The largest absolute Gasteiger partial charge is 0.464 e. The molecule has 1 unspecified atom stereocenters. The quantitative estimate of drug-likeness (QED) is 0.780. The Kier molecular flexibility index (Phi) is 3.74. The molecule has 0 aliphatic carbocycles. The van der Waals surface area contributed by atoms with Crippen molar-refractivity contribution in [1.29, 1.82) is 0 Å². The van der Waals surface area contributed by atoms with Gasteiger partial charge in [-0.15, -0.1) is 0 Å². The van der Waals surface area contributed by atoms with E-state index in [2.05, 4.69) is 4.74 Å². The zero-order valence-corrected chi connectivity index (χ0v) is 8.04. The minimum atomic E-state index is -1.66. The SMILES string of the molecule is CCOC(=O)C(O)c1cc(F)cc(F)c1. The first kappa shape index (κ1) is 11.6. The summed E-state index contributed by atoms with van der Waals surface area (Å²) >= 11 is 0. The van der Waals surface area contributed by atoms with E-state index in [9.17, 15) is 18.7 Å². The molecule has 0 radical (unpaired) electrons. The first-order valence-electron chi connectivity index (χ1n) is 4.35. The number of hydrogen-bond acceptors (Lipinski definition) is 3. The molecule has 1 atom stereocenters. The topological polar surface area (TPSA) is 46.5 Å². The predicted molar refractivity (Wildman–Crippen MR) is 48.0 cm³/mol. The molecule has 0 aliphatic rings. The van der Waals surface area contributed by atoms with Crippen LogP contribution in [0.25, 0.3) is 0 Å². The zero-order chi connectivity index (χ0) is 11.4. The molecule has 0 fully saturated rings. The molecule has 1 rings (SSSR count). The number of esters is 1. The van der Waals surface area contributed by atoms with Gasteiger partial charge in [-0.1, -0.05) is 0 Å². The van der Waals surface area contributed by atoms with Gasteiger partial charge in [-0.05, 0) is 24.6 Å². The van der Waals surface area contributed by atoms with Crippen LogP contribution in [0.2, 0.25) is 0 Å². The van der Waals surface area contributed by atoms with Crippen molar-refractivity contribution in [2.24, 2.45) is 0 Å². The first-order chi connectivity index (χ1) is 7.04. The third kappa shape index (κ3) is 2.99. The van der Waals surface area contributed by atoms with Crippen molar-refractivity contribution in [2.75, 3.05) is 6.61 Å². The molecule has 15 heavy (non-hydrogen) atoms. The molecule has 0 amide bonds. The number of carbonyl (C=O) groups is 1. The van der Waals surface area contributed by atoms with Crippen LogP contribution in [0.4, 0.5) is 8.78 Å². The molecule has 82 valence electrons. The first-order valence-corrected chi connectivity index (χ1v) is 4.35. The van der Waals surface area contributed by atoms with Crippen molar-refractivity contribution in [1.82, 2.24) is 0 Å². The van der Waals surface area contributed by atoms with Crippen LogP contribution in [0.1, 0.15) is 18.6 Å². The number of aliphatic hydroxyl groups excluding tert-OH is 1. The van der Waals surface area contributed by atoms with Crippen LogP contribution in [0.5, 0.6) is 0 Å². The second kappa shape index (κ2) is 4.84. The Balaban J connectivity index is 2.90. The van der Waals surface area contributed by atoms with E-state index in [1.807, 2.05) is 0 Å². The van der Waals surface area contributed by atoms with E-state index < -0.39 is 23.7 Å². The molecule has 0 saturated heterocycles. The third-order valence-electron chi connectivity index (χ3n) is 1.71. The maximum atomic E-state index is 12.7. The van der Waals surface area contributed by atoms with Gasteiger partial charge in [0.1, 0.15) is 11.6 Å². The van der Waals surface area contributed by atoms with Gasteiger partial charge in [0.25, 0.3) is 0 Å². The smallest absolute Gasteiger partial charge is 0.339 e. The zero-order valence-electron chi connectivity index (χ0n) is 8.04. The van der Waals surface area contributed by atoms with E-state index in [0.29, 0.717) is 6.07 Å². The van der Waals surface area contributed by atoms with Crippen LogP contribution >= 0.6 is 0 Å². The van der Waals surface area contributed by atoms with Gasteiger partial charge in [0.05, 0.1) is 6.61 Å². The van der Waals surface area contributed by atoms with Crippen molar-refractivity contribution in [2.45, 2.75) is 13.0 Å². The molecular weight excluding hydrogens is 206 g/mol. The van der Waals surface area contributed by atoms with E-state index in [-0.39, 0.29) is 12.2 Å². The summed E-state index contributed by atoms with van der Waals surface area (Å²) in [6, 6.07) is 2.41. The fraction of sp³-hybridized carbons (Fsp3) is 0.300. The van der Waals surface area contributed by atoms with Gasteiger partial charge < -0.3 is 9.84 Å². The molecule has 0 bridgehead atoms. The molecule has 0 aliphatic heterocycles. The molecule has 0 saturated carbocycles. The average Bonchev–Trinajstić information content (AvgIpc) is 2.15. The lowest BCUT2D eigenvalue weighted by Crippen LogP contribution is -2.15. The Morgan fingerprint density at radius 3 is 2.40 bits per heavy atom. The number of ether oxygens (including phenoxy) is 1. The maximum absolute atomic E-state index is 12.7. The standard InChI is InChI=1S/C10H10F2O3/c1-2-15-10(14)9(13)6-3-7(11)5-8(12)4-6/h3-5,9,13H,2H2,1H3. The summed E-state index contributed by atoms with van der Waals surface area (Å²) in [6.45, 7) is 1.66. The Bertz CT molecular complexity index is 345. The van der Waals surface area contributed by atoms with E-state index in [4.69, 9.17) is 0 Å². The Hall–Kier alpha value is -1.49. The van der Waals surface area contributed by atoms with Gasteiger partial charge in [-0.2, -0.15) is 0 Å². The van der Waals surface area contributed by atoms with Crippen LogP contribution < -0.4 is 0 Å². The lowest BCUT2D eigenvalue weighted by molar-refractivity contribution is -0.153. The van der Waals surface area contributed by atoms with Crippen molar-refractivity contribution >= 4 is 5.97 Å². The maximum Gasteiger partial charge on any atom is 0.339 e. The lowest BCUT2D eigenvalue weighted by Gasteiger charge is -2.09. The second-order valence-electron chi connectivity index (χ2n) is 2.86. The van der Waals surface area contributed by atoms with Gasteiger partial charge in [0, 0.05) is 6.07 Å². The second-order valence-corrected chi connectivity index (χ2v) is 2.86. The van der Waals surface area contributed by atoms with Crippen molar-refractivity contribution in [3.63, 3.8) is 0 Å². The molecular formula is C10H10F2O3. The fourth-order valence-electron chi connectivity index (χ4n) is 1.09. The monoisotopic (exact) mass is 216 g/mol. The van der Waals surface area contributed by atoms with Gasteiger partial charge >= 0.3 is 5.97 Å². The van der Waals surface area contributed by atoms with E-state index in [0.717, 1.165) is 12.1 Å². The molecule has 3 nitrogen and oxygen atoms in total. The molecule has 5 heteroatoms. The summed E-state index contributed by atoms with van der Waals surface area (Å²) in [7, 11) is 0. The molecule has 0 spiro atoms. The number of rotatable bonds is 3. The van der Waals surface area contributed by atoms with Crippen LogP contribution in [0.15, 0.2) is 18.2 Å². The number of halogens is 2. The summed E-state index contributed by atoms with van der Waals surface area (Å²) in [5, 5.41) is 9.36. The highest BCUT2D eigenvalue weighted by molar-refractivity contribution is 5.76. The lowest BCUT2D eigenvalue weighted by atomic mass is 10.1. The van der Waals surface area contributed by atoms with Gasteiger partial charge in [-0.25, -0.2) is 13.6 Å². The van der Waals surface area contributed by atoms with Crippen molar-refractivity contribution in [3.8, 4) is 0 Å². The summed E-state index contributed by atoms with van der Waals surface area (Å²) < 4.78 is 30.0. The average molecular weight is 216 g/mol. The minimum absolute atomic E-state index is 0.0910. The number of benzene rings is 1. The number of hydrogen-bond donors (Lipinski definition) is 1. The summed E-state index contributed by atoms with van der Waals surface area (Å²) in [6.07, 6.45) is -1.66. The Morgan fingerprint density at radius 1 is 1.40 bits per heavy atom. The number of aliphatic hydroxyl groups is 1. The van der Waals surface area contributed by atoms with Crippen LogP contribution in [-0.2, 0) is 9.53 Å². The van der Waals surface area contributed by atoms with Crippen LogP contribution in [-0.4, -0.2) is 17.7 Å². The minimum Gasteiger partial charge on any atom is -0.464 e. The predicted octanol–water partition coefficient (Wildman–Crippen LogP) is 1.56. The number of carbonyl (C=O) groups excluding carboxylic acids is 1. The molecule has 1 N–H and O–H groups in total. The summed E-state index contributed by atoms with van der Waals surface area (Å²) in [4.78, 5) is 11.0. The van der Waals surface area contributed by atoms with Crippen molar-refractivity contribution in [3.05, 3.63) is 35.4 Å². The van der Waals surface area contributed by atoms with Crippen LogP contribution in [0, 0.1) is 11.6 Å². The Morgan fingerprint density at radius 2 is 1.93 bits per heavy atom. The normalized spacial score (nSPS) is 12.3. The highest BCUT2D eigenvalue weighted by Crippen LogP contribution is 2.17. The van der Waals surface area contributed by atoms with E-state index in [1.165, 1.54) is 0 Å². The van der Waals surface area contributed by atoms with Gasteiger partial charge in [-0.3, -0.25) is 0 Å². The van der Waals surface area contributed by atoms with E-state index >= 15 is 0 Å². The Labute approximate surface area is 85.3 Å². The van der Waals surface area contributed by atoms with Crippen molar-refractivity contribution < 1.29 is 23.4 Å². The molecule has 0 heterocycles. The summed E-state index contributed by atoms with van der Waals surface area (Å²) in [5.41, 5.74) is -0.161. The highest BCUT2D eigenvalue weighted by Gasteiger charge is 2.19. The molecule has 1 aromatic carbocycles. The molecule has 1 aromatic rings. The van der Waals surface area contributed by atoms with Gasteiger partial charge in [0.2, 0.25) is 0 Å². The molecule has 0 aromatic heterocycles. The van der Waals surface area contributed by atoms with Gasteiger partial charge in [0.15, 0.2) is 6.10 Å². The van der Waals surface area contributed by atoms with E-state index in [1.54, 1.807) is 6.92 Å². The third-order valence-corrected chi connectivity index (χ3v) is 1.71. The fourth-order valence-corrected chi connectivity index (χ4v) is 1.09. The highest BCUT2D eigenvalue weighted by atomic mass is 19.1. The van der Waals surface area contributed by atoms with Crippen LogP contribution in [0.3, 0.4) is 0 Å².